The van der Waals surface area contributed by atoms with Crippen molar-refractivity contribution < 1.29 is 22.7 Å². The number of sulfonamides is 1. The molecule has 108 valence electrons. The number of benzene rings is 1. The number of ether oxygens (including phenoxy) is 2. The van der Waals surface area contributed by atoms with E-state index in [1.54, 1.807) is 25.1 Å². The summed E-state index contributed by atoms with van der Waals surface area (Å²) >= 11 is 0. The molecule has 0 aromatic heterocycles. The Morgan fingerprint density at radius 3 is 2.80 bits per heavy atom. The van der Waals surface area contributed by atoms with Gasteiger partial charge in [-0.1, -0.05) is 12.1 Å². The van der Waals surface area contributed by atoms with Gasteiger partial charge < -0.3 is 9.47 Å². The van der Waals surface area contributed by atoms with Gasteiger partial charge in [0.1, 0.15) is 22.8 Å². The normalized spacial score (nSPS) is 25.8. The molecular weight excluding hydrogens is 282 g/mol. The van der Waals surface area contributed by atoms with Crippen molar-refractivity contribution in [2.24, 2.45) is 0 Å². The van der Waals surface area contributed by atoms with Gasteiger partial charge in [0.25, 0.3) is 0 Å². The first-order chi connectivity index (χ1) is 9.54. The molecule has 1 aromatic carbocycles. The molecule has 7 heteroatoms. The van der Waals surface area contributed by atoms with Crippen LogP contribution in [0.5, 0.6) is 5.75 Å². The largest absolute Gasteiger partial charge is 0.492 e. The van der Waals surface area contributed by atoms with E-state index in [0.29, 0.717) is 18.8 Å². The van der Waals surface area contributed by atoms with Crippen molar-refractivity contribution in [3.8, 4) is 5.75 Å². The third-order valence-electron chi connectivity index (χ3n) is 3.51. The minimum Gasteiger partial charge on any atom is -0.492 e. The van der Waals surface area contributed by atoms with E-state index in [1.165, 1.54) is 10.4 Å². The van der Waals surface area contributed by atoms with Crippen LogP contribution in [0, 0.1) is 0 Å². The zero-order chi connectivity index (χ0) is 14.3. The van der Waals surface area contributed by atoms with E-state index >= 15 is 0 Å². The number of fused-ring (bicyclic) bond motifs is 2. The second-order valence-corrected chi connectivity index (χ2v) is 6.62. The van der Waals surface area contributed by atoms with Crippen molar-refractivity contribution in [1.82, 2.24) is 4.31 Å². The van der Waals surface area contributed by atoms with Crippen LogP contribution in [0.15, 0.2) is 29.2 Å². The monoisotopic (exact) mass is 297 g/mol. The molecular formula is C13H15NO5S. The molecule has 3 rings (SSSR count). The number of carbonyl (C=O) groups excluding carboxylic acids is 1. The van der Waals surface area contributed by atoms with Gasteiger partial charge in [0.15, 0.2) is 0 Å². The van der Waals surface area contributed by atoms with Crippen LogP contribution in [0.3, 0.4) is 0 Å². The highest BCUT2D eigenvalue weighted by atomic mass is 32.2. The molecule has 0 aliphatic carbocycles. The summed E-state index contributed by atoms with van der Waals surface area (Å²) in [5.74, 6) is -0.148. The smallest absolute Gasteiger partial charge is 0.324 e. The van der Waals surface area contributed by atoms with Gasteiger partial charge in [0, 0.05) is 6.42 Å². The maximum atomic E-state index is 12.7. The predicted octanol–water partition coefficient (Wildman–Crippen LogP) is 0.774. The number of carbonyl (C=O) groups is 1. The van der Waals surface area contributed by atoms with E-state index in [2.05, 4.69) is 0 Å². The van der Waals surface area contributed by atoms with Gasteiger partial charge in [-0.2, -0.15) is 4.31 Å². The van der Waals surface area contributed by atoms with Crippen molar-refractivity contribution in [3.05, 3.63) is 24.3 Å². The molecule has 0 amide bonds. The third kappa shape index (κ3) is 1.97. The van der Waals surface area contributed by atoms with Gasteiger partial charge >= 0.3 is 5.97 Å². The number of nitrogens with zero attached hydrogens (tertiary/aromatic N) is 1. The van der Waals surface area contributed by atoms with E-state index in [9.17, 15) is 13.2 Å². The van der Waals surface area contributed by atoms with Crippen LogP contribution in [0.2, 0.25) is 0 Å². The van der Waals surface area contributed by atoms with Crippen molar-refractivity contribution in [3.63, 3.8) is 0 Å². The number of rotatable bonds is 4. The quantitative estimate of drug-likeness (QED) is 0.768. The molecule has 2 heterocycles. The lowest BCUT2D eigenvalue weighted by Crippen LogP contribution is -2.44. The lowest BCUT2D eigenvalue weighted by Gasteiger charge is -2.25. The fraction of sp³-hybridized carbons (Fsp3) is 0.462. The minimum absolute atomic E-state index is 0.0993. The Kier molecular flexibility index (Phi) is 3.18. The molecule has 2 aliphatic heterocycles. The van der Waals surface area contributed by atoms with Crippen LogP contribution in [-0.2, 0) is 19.6 Å². The first-order valence-corrected chi connectivity index (χ1v) is 7.92. The highest BCUT2D eigenvalue weighted by Gasteiger charge is 2.52. The van der Waals surface area contributed by atoms with E-state index in [-0.39, 0.29) is 17.5 Å². The van der Waals surface area contributed by atoms with Crippen LogP contribution in [0.1, 0.15) is 13.3 Å². The van der Waals surface area contributed by atoms with Gasteiger partial charge in [-0.05, 0) is 19.1 Å². The van der Waals surface area contributed by atoms with Gasteiger partial charge in [0.2, 0.25) is 10.0 Å². The number of esters is 1. The highest BCUT2D eigenvalue weighted by Crippen LogP contribution is 2.36. The molecule has 0 N–H and O–H groups in total. The fourth-order valence-corrected chi connectivity index (χ4v) is 4.40. The number of hydrogen-bond acceptors (Lipinski definition) is 5. The van der Waals surface area contributed by atoms with Gasteiger partial charge in [-0.25, -0.2) is 8.42 Å². The lowest BCUT2D eigenvalue weighted by atomic mass is 10.2. The average molecular weight is 297 g/mol. The summed E-state index contributed by atoms with van der Waals surface area (Å²) in [6.07, 6.45) is 0.121. The van der Waals surface area contributed by atoms with Crippen LogP contribution in [-0.4, -0.2) is 44.0 Å². The number of hydrogen-bond donors (Lipinski definition) is 0. The maximum Gasteiger partial charge on any atom is 0.324 e. The number of para-hydroxylation sites is 1. The summed E-state index contributed by atoms with van der Waals surface area (Å²) in [6.45, 7) is 2.39. The Hall–Kier alpha value is -1.60. The topological polar surface area (TPSA) is 72.9 Å². The second-order valence-electron chi connectivity index (χ2n) is 4.76. The summed E-state index contributed by atoms with van der Waals surface area (Å²) in [7, 11) is -3.75. The number of morpholine rings is 1. The van der Waals surface area contributed by atoms with Gasteiger partial charge in [0.05, 0.1) is 13.2 Å². The Balaban J connectivity index is 1.99. The second kappa shape index (κ2) is 4.75. The van der Waals surface area contributed by atoms with Gasteiger partial charge in [-0.15, -0.1) is 0 Å². The summed E-state index contributed by atoms with van der Waals surface area (Å²) in [4.78, 5) is 11.7. The summed E-state index contributed by atoms with van der Waals surface area (Å²) < 4.78 is 37.0. The van der Waals surface area contributed by atoms with E-state index in [0.717, 1.165) is 0 Å². The molecule has 2 saturated heterocycles. The first-order valence-electron chi connectivity index (χ1n) is 6.48. The molecule has 20 heavy (non-hydrogen) atoms. The summed E-state index contributed by atoms with van der Waals surface area (Å²) in [6, 6.07) is 5.77. The molecule has 0 unspecified atom stereocenters. The molecule has 2 fully saturated rings. The highest BCUT2D eigenvalue weighted by molar-refractivity contribution is 7.89. The minimum atomic E-state index is -3.75. The van der Waals surface area contributed by atoms with E-state index in [4.69, 9.17) is 9.47 Å². The van der Waals surface area contributed by atoms with Crippen LogP contribution >= 0.6 is 0 Å². The fourth-order valence-electron chi connectivity index (χ4n) is 2.64. The average Bonchev–Trinajstić information content (AvgIpc) is 2.99. The Morgan fingerprint density at radius 2 is 2.15 bits per heavy atom. The molecule has 6 nitrogen and oxygen atoms in total. The predicted molar refractivity (Wildman–Crippen MR) is 69.8 cm³/mol. The Bertz CT molecular complexity index is 642. The lowest BCUT2D eigenvalue weighted by molar-refractivity contribution is -0.148. The van der Waals surface area contributed by atoms with Crippen molar-refractivity contribution in [1.29, 1.82) is 0 Å². The Morgan fingerprint density at radius 1 is 1.40 bits per heavy atom. The summed E-state index contributed by atoms with van der Waals surface area (Å²) in [5, 5.41) is 0. The van der Waals surface area contributed by atoms with Crippen LogP contribution in [0.25, 0.3) is 0 Å². The molecule has 1 aromatic rings. The zero-order valence-electron chi connectivity index (χ0n) is 11.0. The van der Waals surface area contributed by atoms with Crippen molar-refractivity contribution >= 4 is 16.0 Å². The summed E-state index contributed by atoms with van der Waals surface area (Å²) in [5.41, 5.74) is 0. The molecule has 0 spiro atoms. The molecule has 2 atom stereocenters. The van der Waals surface area contributed by atoms with Gasteiger partial charge in [-0.3, -0.25) is 4.79 Å². The zero-order valence-corrected chi connectivity index (χ0v) is 11.8. The van der Waals surface area contributed by atoms with E-state index in [1.807, 2.05) is 0 Å². The SMILES string of the molecule is CCOc1ccccc1S(=O)(=O)N1C[C@@H]2C[C@@H]1C(=O)O2. The first kappa shape index (κ1) is 13.4. The molecule has 0 saturated carbocycles. The Labute approximate surface area is 117 Å². The van der Waals surface area contributed by atoms with Crippen molar-refractivity contribution in [2.45, 2.75) is 30.4 Å². The molecule has 2 bridgehead atoms. The standard InChI is InChI=1S/C13H15NO5S/c1-2-18-11-5-3-4-6-12(11)20(16,17)14-8-9-7-10(14)13(15)19-9/h3-6,9-10H,2,7-8H2,1H3/t9-,10+/m0/s1. The molecule has 0 radical (unpaired) electrons. The maximum absolute atomic E-state index is 12.7. The van der Waals surface area contributed by atoms with Crippen LogP contribution < -0.4 is 4.74 Å². The van der Waals surface area contributed by atoms with Crippen molar-refractivity contribution in [2.75, 3.05) is 13.2 Å². The van der Waals surface area contributed by atoms with E-state index < -0.39 is 22.0 Å². The third-order valence-corrected chi connectivity index (χ3v) is 5.42. The van der Waals surface area contributed by atoms with Crippen LogP contribution in [0.4, 0.5) is 0 Å². The molecule has 2 aliphatic rings.